The molecule has 1 N–H and O–H groups in total. The molecule has 0 atom stereocenters. The summed E-state index contributed by atoms with van der Waals surface area (Å²) < 4.78 is 13.9. The van der Waals surface area contributed by atoms with Crippen LogP contribution in [-0.4, -0.2) is 5.91 Å². The molecule has 0 heterocycles. The van der Waals surface area contributed by atoms with Gasteiger partial charge in [0.25, 0.3) is 0 Å². The van der Waals surface area contributed by atoms with Crippen molar-refractivity contribution in [1.82, 2.24) is 0 Å². The number of nitrogens with zero attached hydrogens (tertiary/aromatic N) is 1. The maximum absolute atomic E-state index is 13.1. The molecule has 1 amide bonds. The quantitative estimate of drug-likeness (QED) is 0.852. The van der Waals surface area contributed by atoms with Crippen LogP contribution in [0.25, 0.3) is 0 Å². The number of anilines is 1. The van der Waals surface area contributed by atoms with Crippen LogP contribution in [0.1, 0.15) is 6.42 Å². The number of carbonyl (C=O) groups is 1. The van der Waals surface area contributed by atoms with E-state index in [-0.39, 0.29) is 12.1 Å². The van der Waals surface area contributed by atoms with Gasteiger partial charge in [-0.15, -0.1) is 0 Å². The first-order chi connectivity index (χ1) is 6.63. The van der Waals surface area contributed by atoms with Crippen molar-refractivity contribution in [3.05, 3.63) is 27.6 Å². The fourth-order valence-corrected chi connectivity index (χ4v) is 1.31. The van der Waals surface area contributed by atoms with E-state index in [2.05, 4.69) is 5.32 Å². The normalized spacial score (nSPS) is 9.21. The van der Waals surface area contributed by atoms with Gasteiger partial charge < -0.3 is 5.32 Å². The van der Waals surface area contributed by atoms with Crippen molar-refractivity contribution >= 4 is 34.2 Å². The predicted octanol–water partition coefficient (Wildman–Crippen LogP) is 2.28. The van der Waals surface area contributed by atoms with Gasteiger partial charge in [0.1, 0.15) is 12.2 Å². The molecule has 0 saturated heterocycles. The number of hydrogen-bond donors (Lipinski definition) is 1. The molecule has 0 aliphatic heterocycles. The molecule has 0 fully saturated rings. The summed E-state index contributed by atoms with van der Waals surface area (Å²) in [5.41, 5.74) is 0.102. The lowest BCUT2D eigenvalue weighted by molar-refractivity contribution is -0.115. The van der Waals surface area contributed by atoms with Gasteiger partial charge in [0, 0.05) is 3.57 Å². The first-order valence-corrected chi connectivity index (χ1v) is 4.83. The second kappa shape index (κ2) is 4.91. The molecule has 0 spiro atoms. The third kappa shape index (κ3) is 2.96. The van der Waals surface area contributed by atoms with Crippen LogP contribution < -0.4 is 5.32 Å². The lowest BCUT2D eigenvalue weighted by Crippen LogP contribution is -2.11. The van der Waals surface area contributed by atoms with Gasteiger partial charge in [-0.25, -0.2) is 4.39 Å². The Morgan fingerprint density at radius 1 is 1.64 bits per heavy atom. The van der Waals surface area contributed by atoms with E-state index in [1.165, 1.54) is 12.1 Å². The van der Waals surface area contributed by atoms with Crippen LogP contribution in [0.2, 0.25) is 0 Å². The third-order valence-electron chi connectivity index (χ3n) is 1.44. The van der Waals surface area contributed by atoms with Gasteiger partial charge in [0.05, 0.1) is 11.8 Å². The molecular weight excluding hydrogens is 298 g/mol. The highest BCUT2D eigenvalue weighted by molar-refractivity contribution is 14.1. The zero-order valence-corrected chi connectivity index (χ0v) is 9.21. The molecule has 3 nitrogen and oxygen atoms in total. The molecule has 0 aromatic heterocycles. The molecule has 0 aliphatic carbocycles. The zero-order valence-electron chi connectivity index (χ0n) is 7.05. The van der Waals surface area contributed by atoms with Crippen LogP contribution >= 0.6 is 22.6 Å². The molecule has 0 saturated carbocycles. The lowest BCUT2D eigenvalue weighted by atomic mass is 10.3. The number of halogens is 2. The van der Waals surface area contributed by atoms with Crippen molar-refractivity contribution in [2.75, 3.05) is 5.32 Å². The number of rotatable bonds is 2. The zero-order chi connectivity index (χ0) is 10.6. The number of nitrogens with one attached hydrogen (secondary N) is 1. The maximum Gasteiger partial charge on any atom is 0.238 e. The predicted molar refractivity (Wildman–Crippen MR) is 58.0 cm³/mol. The van der Waals surface area contributed by atoms with Crippen molar-refractivity contribution in [3.63, 3.8) is 0 Å². The number of amides is 1. The standard InChI is InChI=1S/C9H6FIN2O/c10-7-5-6(11)1-2-8(7)13-9(14)3-4-12/h1-2,5H,3H2,(H,13,14). The van der Waals surface area contributed by atoms with Crippen LogP contribution in [0.4, 0.5) is 10.1 Å². The summed E-state index contributed by atoms with van der Waals surface area (Å²) in [7, 11) is 0. The number of hydrogen-bond acceptors (Lipinski definition) is 2. The van der Waals surface area contributed by atoms with Crippen molar-refractivity contribution in [3.8, 4) is 6.07 Å². The van der Waals surface area contributed by atoms with Gasteiger partial charge in [-0.3, -0.25) is 4.79 Å². The Morgan fingerprint density at radius 3 is 2.93 bits per heavy atom. The van der Waals surface area contributed by atoms with Gasteiger partial charge in [0.15, 0.2) is 0 Å². The number of benzene rings is 1. The molecule has 0 unspecified atom stereocenters. The molecule has 72 valence electrons. The van der Waals surface area contributed by atoms with Crippen LogP contribution in [0.5, 0.6) is 0 Å². The Kier molecular flexibility index (Phi) is 3.83. The smallest absolute Gasteiger partial charge is 0.238 e. The van der Waals surface area contributed by atoms with Crippen molar-refractivity contribution in [2.24, 2.45) is 0 Å². The topological polar surface area (TPSA) is 52.9 Å². The number of nitriles is 1. The van der Waals surface area contributed by atoms with Crippen molar-refractivity contribution < 1.29 is 9.18 Å². The third-order valence-corrected chi connectivity index (χ3v) is 2.12. The molecule has 0 bridgehead atoms. The van der Waals surface area contributed by atoms with E-state index in [1.807, 2.05) is 22.6 Å². The SMILES string of the molecule is N#CCC(=O)Nc1ccc(I)cc1F. The van der Waals surface area contributed by atoms with Crippen LogP contribution in [0.3, 0.4) is 0 Å². The maximum atomic E-state index is 13.1. The largest absolute Gasteiger partial charge is 0.323 e. The second-order valence-electron chi connectivity index (χ2n) is 2.51. The summed E-state index contributed by atoms with van der Waals surface area (Å²) >= 11 is 1.97. The highest BCUT2D eigenvalue weighted by Gasteiger charge is 2.06. The minimum Gasteiger partial charge on any atom is -0.323 e. The van der Waals surface area contributed by atoms with E-state index in [4.69, 9.17) is 5.26 Å². The first-order valence-electron chi connectivity index (χ1n) is 3.75. The molecule has 14 heavy (non-hydrogen) atoms. The fraction of sp³-hybridized carbons (Fsp3) is 0.111. The van der Waals surface area contributed by atoms with Gasteiger partial charge in [0.2, 0.25) is 5.91 Å². The van der Waals surface area contributed by atoms with E-state index < -0.39 is 11.7 Å². The van der Waals surface area contributed by atoms with Crippen LogP contribution in [-0.2, 0) is 4.79 Å². The van der Waals surface area contributed by atoms with E-state index in [9.17, 15) is 9.18 Å². The van der Waals surface area contributed by atoms with Gasteiger partial charge in [-0.05, 0) is 40.8 Å². The Balaban J connectivity index is 2.78. The van der Waals surface area contributed by atoms with E-state index in [0.29, 0.717) is 0 Å². The summed E-state index contributed by atoms with van der Waals surface area (Å²) in [5, 5.41) is 10.5. The Morgan fingerprint density at radius 2 is 2.36 bits per heavy atom. The summed E-state index contributed by atoms with van der Waals surface area (Å²) in [6.07, 6.45) is -0.272. The van der Waals surface area contributed by atoms with Gasteiger partial charge in [-0.1, -0.05) is 0 Å². The summed E-state index contributed by atoms with van der Waals surface area (Å²) in [6, 6.07) is 6.13. The average Bonchev–Trinajstić information content (AvgIpc) is 2.10. The fourth-order valence-electron chi connectivity index (χ4n) is 0.857. The molecule has 1 aromatic carbocycles. The van der Waals surface area contributed by atoms with E-state index >= 15 is 0 Å². The van der Waals surface area contributed by atoms with Crippen LogP contribution in [0, 0.1) is 20.7 Å². The van der Waals surface area contributed by atoms with Gasteiger partial charge in [-0.2, -0.15) is 5.26 Å². The highest BCUT2D eigenvalue weighted by atomic mass is 127. The Hall–Kier alpha value is -1.16. The molecule has 1 rings (SSSR count). The van der Waals surface area contributed by atoms with Crippen LogP contribution in [0.15, 0.2) is 18.2 Å². The average molecular weight is 304 g/mol. The second-order valence-corrected chi connectivity index (χ2v) is 3.75. The van der Waals surface area contributed by atoms with Crippen molar-refractivity contribution in [2.45, 2.75) is 6.42 Å². The van der Waals surface area contributed by atoms with E-state index in [0.717, 1.165) is 3.57 Å². The first kappa shape index (κ1) is 10.9. The minimum absolute atomic E-state index is 0.102. The molecule has 1 aromatic rings. The highest BCUT2D eigenvalue weighted by Crippen LogP contribution is 2.16. The Bertz CT molecular complexity index is 400. The molecule has 0 radical (unpaired) electrons. The van der Waals surface area contributed by atoms with Gasteiger partial charge >= 0.3 is 0 Å². The summed E-state index contributed by atoms with van der Waals surface area (Å²) in [6.45, 7) is 0. The number of carbonyl (C=O) groups excluding carboxylic acids is 1. The molecule has 5 heteroatoms. The summed E-state index contributed by atoms with van der Waals surface area (Å²) in [4.78, 5) is 10.9. The Labute approximate surface area is 94.1 Å². The molecule has 0 aliphatic rings. The minimum atomic E-state index is -0.507. The molecular formula is C9H6FIN2O. The van der Waals surface area contributed by atoms with Crippen molar-refractivity contribution in [1.29, 1.82) is 5.26 Å². The van der Waals surface area contributed by atoms with E-state index in [1.54, 1.807) is 12.1 Å². The lowest BCUT2D eigenvalue weighted by Gasteiger charge is -2.03. The summed E-state index contributed by atoms with van der Waals surface area (Å²) in [5.74, 6) is -1.00. The monoisotopic (exact) mass is 304 g/mol.